The summed E-state index contributed by atoms with van der Waals surface area (Å²) in [6.07, 6.45) is 4.10. The molecular formula is C20H14F2N6O3. The number of anilines is 1. The molecule has 9 nitrogen and oxygen atoms in total. The molecule has 1 aromatic carbocycles. The lowest BCUT2D eigenvalue weighted by molar-refractivity contribution is 0.0946. The number of halogens is 2. The third kappa shape index (κ3) is 4.01. The van der Waals surface area contributed by atoms with Crippen LogP contribution in [0.5, 0.6) is 0 Å². The van der Waals surface area contributed by atoms with Crippen LogP contribution in [0.15, 0.2) is 58.2 Å². The van der Waals surface area contributed by atoms with Crippen molar-refractivity contribution in [3.63, 3.8) is 0 Å². The number of rotatable bonds is 5. The summed E-state index contributed by atoms with van der Waals surface area (Å²) < 4.78 is 32.9. The number of nitrogens with one attached hydrogen (secondary N) is 2. The Morgan fingerprint density at radius 2 is 1.90 bits per heavy atom. The molecule has 3 aromatic heterocycles. The molecule has 156 valence electrons. The van der Waals surface area contributed by atoms with Crippen LogP contribution in [-0.4, -0.2) is 25.8 Å². The number of hydrogen-bond acceptors (Lipinski definition) is 7. The summed E-state index contributed by atoms with van der Waals surface area (Å²) in [5, 5.41) is 2.38. The fraction of sp³-hybridized carbons (Fsp3) is 0.0500. The maximum Gasteiger partial charge on any atom is 0.274 e. The summed E-state index contributed by atoms with van der Waals surface area (Å²) in [5.74, 6) is -2.54. The first-order chi connectivity index (χ1) is 14.9. The lowest BCUT2D eigenvalue weighted by Crippen LogP contribution is -2.26. The monoisotopic (exact) mass is 424 g/mol. The molecule has 0 atom stereocenters. The molecule has 4 aromatic rings. The van der Waals surface area contributed by atoms with Crippen molar-refractivity contribution in [3.8, 4) is 22.8 Å². The summed E-state index contributed by atoms with van der Waals surface area (Å²) in [6, 6.07) is 6.13. The molecule has 31 heavy (non-hydrogen) atoms. The average molecular weight is 424 g/mol. The van der Waals surface area contributed by atoms with Gasteiger partial charge >= 0.3 is 0 Å². The molecule has 0 saturated carbocycles. The number of nitrogen functional groups attached to an aromatic ring is 1. The molecule has 0 fully saturated rings. The Labute approximate surface area is 173 Å². The van der Waals surface area contributed by atoms with Crippen LogP contribution in [-0.2, 0) is 6.54 Å². The molecule has 0 unspecified atom stereocenters. The van der Waals surface area contributed by atoms with E-state index in [1.165, 1.54) is 36.9 Å². The first-order valence-electron chi connectivity index (χ1n) is 8.91. The predicted molar refractivity (Wildman–Crippen MR) is 106 cm³/mol. The Hall–Kier alpha value is -4.41. The SMILES string of the molecule is Nc1nc(-c2ncco2)c(-c2ccc(=O)[nH]c2)nc1C(=O)NCc1c(F)cccc1F. The normalized spacial score (nSPS) is 10.8. The van der Waals surface area contributed by atoms with Crippen LogP contribution in [0.25, 0.3) is 22.8 Å². The number of hydrogen-bond donors (Lipinski definition) is 3. The maximum absolute atomic E-state index is 13.8. The number of oxazole rings is 1. The van der Waals surface area contributed by atoms with Crippen molar-refractivity contribution in [2.75, 3.05) is 5.73 Å². The fourth-order valence-electron chi connectivity index (χ4n) is 2.82. The fourth-order valence-corrected chi connectivity index (χ4v) is 2.82. The molecular weight excluding hydrogens is 410 g/mol. The van der Waals surface area contributed by atoms with E-state index in [-0.39, 0.29) is 39.9 Å². The number of benzene rings is 1. The maximum atomic E-state index is 13.8. The molecule has 1 amide bonds. The van der Waals surface area contributed by atoms with E-state index in [4.69, 9.17) is 10.2 Å². The van der Waals surface area contributed by atoms with Crippen LogP contribution >= 0.6 is 0 Å². The predicted octanol–water partition coefficient (Wildman–Crippen LogP) is 2.28. The van der Waals surface area contributed by atoms with Crippen LogP contribution in [0.1, 0.15) is 16.1 Å². The van der Waals surface area contributed by atoms with Gasteiger partial charge in [-0.2, -0.15) is 0 Å². The summed E-state index contributed by atoms with van der Waals surface area (Å²) in [6.45, 7) is -0.423. The van der Waals surface area contributed by atoms with Gasteiger partial charge in [-0.3, -0.25) is 9.59 Å². The number of H-pyrrole nitrogens is 1. The van der Waals surface area contributed by atoms with E-state index in [1.54, 1.807) is 0 Å². The molecule has 0 aliphatic carbocycles. The van der Waals surface area contributed by atoms with Crippen molar-refractivity contribution in [2.45, 2.75) is 6.54 Å². The third-order valence-electron chi connectivity index (χ3n) is 4.32. The summed E-state index contributed by atoms with van der Waals surface area (Å²) >= 11 is 0. The molecule has 0 aliphatic heterocycles. The number of aromatic amines is 1. The number of nitrogens with zero attached hydrogens (tertiary/aromatic N) is 3. The number of carbonyl (C=O) groups is 1. The van der Waals surface area contributed by atoms with Gasteiger partial charge in [0.2, 0.25) is 11.4 Å². The van der Waals surface area contributed by atoms with Gasteiger partial charge in [0.25, 0.3) is 5.91 Å². The minimum Gasteiger partial charge on any atom is -0.443 e. The molecule has 4 N–H and O–H groups in total. The molecule has 0 saturated heterocycles. The van der Waals surface area contributed by atoms with Crippen molar-refractivity contribution in [3.05, 3.63) is 82.2 Å². The molecule has 0 radical (unpaired) electrons. The van der Waals surface area contributed by atoms with Crippen molar-refractivity contribution in [1.82, 2.24) is 25.3 Å². The molecule has 0 bridgehead atoms. The Bertz CT molecular complexity index is 1280. The molecule has 4 rings (SSSR count). The quantitative estimate of drug-likeness (QED) is 0.446. The van der Waals surface area contributed by atoms with Gasteiger partial charge in [-0.1, -0.05) is 6.07 Å². The van der Waals surface area contributed by atoms with Gasteiger partial charge in [-0.05, 0) is 18.2 Å². The molecule has 0 spiro atoms. The minimum absolute atomic E-state index is 0.0979. The van der Waals surface area contributed by atoms with E-state index in [0.717, 1.165) is 12.1 Å². The van der Waals surface area contributed by atoms with Crippen molar-refractivity contribution < 1.29 is 18.0 Å². The topological polar surface area (TPSA) is 140 Å². The van der Waals surface area contributed by atoms with Crippen LogP contribution in [0.2, 0.25) is 0 Å². The second-order valence-electron chi connectivity index (χ2n) is 6.32. The highest BCUT2D eigenvalue weighted by Gasteiger charge is 2.22. The van der Waals surface area contributed by atoms with E-state index in [0.29, 0.717) is 5.56 Å². The number of amides is 1. The Morgan fingerprint density at radius 1 is 1.13 bits per heavy atom. The number of aromatic nitrogens is 4. The zero-order valence-corrected chi connectivity index (χ0v) is 15.7. The van der Waals surface area contributed by atoms with Gasteiger partial charge in [0, 0.05) is 29.9 Å². The standard InChI is InChI=1S/C20H14F2N6O3/c21-12-2-1-3-13(22)11(12)9-26-19(30)17-18(23)28-16(20-24-6-7-31-20)15(27-17)10-4-5-14(29)25-8-10/h1-8H,9H2,(H2,23,28)(H,25,29)(H,26,30). The van der Waals surface area contributed by atoms with Crippen LogP contribution in [0, 0.1) is 11.6 Å². The zero-order valence-electron chi connectivity index (χ0n) is 15.7. The Morgan fingerprint density at radius 3 is 2.55 bits per heavy atom. The van der Waals surface area contributed by atoms with E-state index < -0.39 is 24.1 Å². The third-order valence-corrected chi connectivity index (χ3v) is 4.32. The van der Waals surface area contributed by atoms with E-state index in [2.05, 4.69) is 25.3 Å². The second kappa shape index (κ2) is 8.14. The average Bonchev–Trinajstić information content (AvgIpc) is 3.28. The van der Waals surface area contributed by atoms with Crippen molar-refractivity contribution in [1.29, 1.82) is 0 Å². The number of pyridine rings is 1. The van der Waals surface area contributed by atoms with Crippen LogP contribution < -0.4 is 16.6 Å². The number of carbonyl (C=O) groups excluding carboxylic acids is 1. The van der Waals surface area contributed by atoms with Gasteiger partial charge in [0.15, 0.2) is 17.2 Å². The van der Waals surface area contributed by atoms with Gasteiger partial charge in [0.1, 0.15) is 23.6 Å². The first-order valence-corrected chi connectivity index (χ1v) is 8.91. The highest BCUT2D eigenvalue weighted by atomic mass is 19.1. The van der Waals surface area contributed by atoms with Crippen LogP contribution in [0.3, 0.4) is 0 Å². The molecule has 11 heteroatoms. The number of nitrogens with two attached hydrogens (primary N) is 1. The molecule has 3 heterocycles. The smallest absolute Gasteiger partial charge is 0.274 e. The van der Waals surface area contributed by atoms with Crippen molar-refractivity contribution >= 4 is 11.7 Å². The summed E-state index contributed by atoms with van der Waals surface area (Å²) in [5.41, 5.74) is 5.72. The molecule has 0 aliphatic rings. The lowest BCUT2D eigenvalue weighted by Gasteiger charge is -2.12. The zero-order chi connectivity index (χ0) is 22.0. The Balaban J connectivity index is 1.73. The van der Waals surface area contributed by atoms with Crippen LogP contribution in [0.4, 0.5) is 14.6 Å². The van der Waals surface area contributed by atoms with Gasteiger partial charge in [-0.15, -0.1) is 0 Å². The lowest BCUT2D eigenvalue weighted by atomic mass is 10.1. The largest absolute Gasteiger partial charge is 0.443 e. The Kier molecular flexibility index (Phi) is 5.22. The summed E-state index contributed by atoms with van der Waals surface area (Å²) in [7, 11) is 0. The van der Waals surface area contributed by atoms with Gasteiger partial charge in [-0.25, -0.2) is 23.7 Å². The van der Waals surface area contributed by atoms with E-state index in [1.807, 2.05) is 0 Å². The van der Waals surface area contributed by atoms with Crippen molar-refractivity contribution in [2.24, 2.45) is 0 Å². The summed E-state index contributed by atoms with van der Waals surface area (Å²) in [4.78, 5) is 39.0. The van der Waals surface area contributed by atoms with E-state index in [9.17, 15) is 18.4 Å². The second-order valence-corrected chi connectivity index (χ2v) is 6.32. The van der Waals surface area contributed by atoms with Gasteiger partial charge < -0.3 is 20.5 Å². The highest BCUT2D eigenvalue weighted by Crippen LogP contribution is 2.29. The first kappa shape index (κ1) is 19.9. The van der Waals surface area contributed by atoms with Gasteiger partial charge in [0.05, 0.1) is 6.20 Å². The highest BCUT2D eigenvalue weighted by molar-refractivity contribution is 5.97. The minimum atomic E-state index is -0.799. The van der Waals surface area contributed by atoms with E-state index >= 15 is 0 Å².